The zero-order chi connectivity index (χ0) is 26.6. The molecule has 1 saturated heterocycles. The second-order valence-corrected chi connectivity index (χ2v) is 9.41. The number of morpholine rings is 1. The predicted octanol–water partition coefficient (Wildman–Crippen LogP) is 5.56. The number of nitrogens with zero attached hydrogens (tertiary/aromatic N) is 2. The van der Waals surface area contributed by atoms with Crippen LogP contribution in [0.2, 0.25) is 5.02 Å². The quantitative estimate of drug-likeness (QED) is 0.312. The summed E-state index contributed by atoms with van der Waals surface area (Å²) in [5.41, 5.74) is 8.16. The predicted molar refractivity (Wildman–Crippen MR) is 144 cm³/mol. The number of benzene rings is 2. The monoisotopic (exact) mass is 533 g/mol. The molecule has 0 aliphatic carbocycles. The summed E-state index contributed by atoms with van der Waals surface area (Å²) in [6, 6.07) is 13.4. The summed E-state index contributed by atoms with van der Waals surface area (Å²) in [4.78, 5) is 30.6. The Balaban J connectivity index is 1.29. The number of aromatic nitrogens is 1. The minimum absolute atomic E-state index is 0.0276. The van der Waals surface area contributed by atoms with Gasteiger partial charge in [0.25, 0.3) is 5.91 Å². The standard InChI is InChI=1S/C29H25ClFN3O4/c30-25-15-20(19-3-7-24(26(31)16-19)29(36)34-9-11-37-12-10-34)13-21-14-23(38-28(21)25)6-5-22(35)4-1-18-2-8-27(32)33-17-18/h1-4,7-8,13-17H,5-6,9-12H2,(H2,32,33)/b4-1+. The fourth-order valence-electron chi connectivity index (χ4n) is 4.29. The molecule has 1 aliphatic rings. The largest absolute Gasteiger partial charge is 0.459 e. The Bertz CT molecular complexity index is 1530. The first-order valence-electron chi connectivity index (χ1n) is 12.2. The molecular weight excluding hydrogens is 509 g/mol. The van der Waals surface area contributed by atoms with Gasteiger partial charge in [0.2, 0.25) is 0 Å². The van der Waals surface area contributed by atoms with E-state index in [1.165, 1.54) is 18.2 Å². The summed E-state index contributed by atoms with van der Waals surface area (Å²) >= 11 is 6.49. The molecule has 0 saturated carbocycles. The number of aryl methyl sites for hydroxylation is 1. The molecule has 1 amide bonds. The number of hydrogen-bond acceptors (Lipinski definition) is 6. The third-order valence-corrected chi connectivity index (χ3v) is 6.62. The van der Waals surface area contributed by atoms with E-state index < -0.39 is 5.82 Å². The highest BCUT2D eigenvalue weighted by atomic mass is 35.5. The Morgan fingerprint density at radius 1 is 1.08 bits per heavy atom. The number of halogens is 2. The van der Waals surface area contributed by atoms with Crippen molar-refractivity contribution in [2.75, 3.05) is 32.0 Å². The molecule has 0 atom stereocenters. The number of allylic oxidation sites excluding steroid dienone is 1. The van der Waals surface area contributed by atoms with E-state index in [2.05, 4.69) is 4.98 Å². The van der Waals surface area contributed by atoms with Gasteiger partial charge in [-0.1, -0.05) is 17.7 Å². The first kappa shape index (κ1) is 25.6. The SMILES string of the molecule is Nc1ccc(/C=C/C(=O)CCc2cc3cc(-c4ccc(C(=O)N5CCOCC5)c(F)c4)cc(Cl)c3o2)cn1. The number of fused-ring (bicyclic) bond motifs is 1. The summed E-state index contributed by atoms with van der Waals surface area (Å²) in [5.74, 6) is 0.0364. The van der Waals surface area contributed by atoms with E-state index in [-0.39, 0.29) is 23.7 Å². The normalized spacial score (nSPS) is 13.9. The highest BCUT2D eigenvalue weighted by molar-refractivity contribution is 6.35. The van der Waals surface area contributed by atoms with Crippen LogP contribution < -0.4 is 5.73 Å². The van der Waals surface area contributed by atoms with Crippen molar-refractivity contribution in [1.29, 1.82) is 0 Å². The minimum atomic E-state index is -0.593. The molecule has 2 aromatic carbocycles. The summed E-state index contributed by atoms with van der Waals surface area (Å²) in [6.45, 7) is 1.78. The maximum Gasteiger partial charge on any atom is 0.256 e. The van der Waals surface area contributed by atoms with Crippen LogP contribution in [0.1, 0.15) is 28.1 Å². The van der Waals surface area contributed by atoms with E-state index in [0.717, 1.165) is 10.9 Å². The highest BCUT2D eigenvalue weighted by Crippen LogP contribution is 2.34. The summed E-state index contributed by atoms with van der Waals surface area (Å²) < 4.78 is 26.1. The van der Waals surface area contributed by atoms with Crippen LogP contribution in [0.25, 0.3) is 28.2 Å². The van der Waals surface area contributed by atoms with Gasteiger partial charge in [-0.2, -0.15) is 0 Å². The van der Waals surface area contributed by atoms with Crippen LogP contribution in [0.3, 0.4) is 0 Å². The first-order chi connectivity index (χ1) is 18.4. The average Bonchev–Trinajstić information content (AvgIpc) is 3.35. The lowest BCUT2D eigenvalue weighted by Crippen LogP contribution is -2.41. The van der Waals surface area contributed by atoms with Crippen LogP contribution in [0.15, 0.2) is 65.2 Å². The number of rotatable bonds is 7. The van der Waals surface area contributed by atoms with E-state index in [4.69, 9.17) is 26.5 Å². The van der Waals surface area contributed by atoms with E-state index >= 15 is 0 Å². The number of hydrogen-bond donors (Lipinski definition) is 1. The van der Waals surface area contributed by atoms with Crippen molar-refractivity contribution in [2.24, 2.45) is 0 Å². The molecule has 2 aromatic heterocycles. The molecule has 5 rings (SSSR count). The van der Waals surface area contributed by atoms with E-state index in [0.29, 0.717) is 66.0 Å². The molecule has 7 nitrogen and oxygen atoms in total. The van der Waals surface area contributed by atoms with E-state index in [9.17, 15) is 14.0 Å². The first-order valence-corrected chi connectivity index (χ1v) is 12.6. The van der Waals surface area contributed by atoms with Gasteiger partial charge in [0, 0.05) is 37.5 Å². The van der Waals surface area contributed by atoms with Gasteiger partial charge in [-0.05, 0) is 71.3 Å². The number of amides is 1. The van der Waals surface area contributed by atoms with Crippen LogP contribution in [-0.2, 0) is 16.0 Å². The second kappa shape index (κ2) is 11.2. The fourth-order valence-corrected chi connectivity index (χ4v) is 4.56. The Kier molecular flexibility index (Phi) is 7.53. The average molecular weight is 534 g/mol. The molecule has 194 valence electrons. The van der Waals surface area contributed by atoms with Gasteiger partial charge in [-0.15, -0.1) is 0 Å². The molecule has 0 unspecified atom stereocenters. The molecular formula is C29H25ClFN3O4. The Labute approximate surface area is 223 Å². The highest BCUT2D eigenvalue weighted by Gasteiger charge is 2.22. The van der Waals surface area contributed by atoms with Crippen LogP contribution in [0.4, 0.5) is 10.2 Å². The van der Waals surface area contributed by atoms with Crippen molar-refractivity contribution in [3.63, 3.8) is 0 Å². The summed E-state index contributed by atoms with van der Waals surface area (Å²) in [7, 11) is 0. The Morgan fingerprint density at radius 2 is 1.89 bits per heavy atom. The number of nitrogen functional groups attached to an aromatic ring is 1. The summed E-state index contributed by atoms with van der Waals surface area (Å²) in [5, 5.41) is 1.12. The van der Waals surface area contributed by atoms with Gasteiger partial charge < -0.3 is 19.8 Å². The van der Waals surface area contributed by atoms with Crippen LogP contribution >= 0.6 is 11.6 Å². The van der Waals surface area contributed by atoms with Crippen molar-refractivity contribution in [3.8, 4) is 11.1 Å². The molecule has 1 aliphatic heterocycles. The zero-order valence-corrected chi connectivity index (χ0v) is 21.2. The van der Waals surface area contributed by atoms with Crippen molar-refractivity contribution in [2.45, 2.75) is 12.8 Å². The van der Waals surface area contributed by atoms with Gasteiger partial charge in [0.05, 0.1) is 23.8 Å². The number of ketones is 1. The molecule has 0 radical (unpaired) electrons. The maximum absolute atomic E-state index is 14.9. The van der Waals surface area contributed by atoms with Gasteiger partial charge >= 0.3 is 0 Å². The maximum atomic E-state index is 14.9. The number of ether oxygens (including phenoxy) is 1. The lowest BCUT2D eigenvalue weighted by molar-refractivity contribution is -0.114. The lowest BCUT2D eigenvalue weighted by atomic mass is 10.0. The lowest BCUT2D eigenvalue weighted by Gasteiger charge is -2.27. The molecule has 9 heteroatoms. The molecule has 3 heterocycles. The van der Waals surface area contributed by atoms with E-state index in [1.54, 1.807) is 41.4 Å². The van der Waals surface area contributed by atoms with Gasteiger partial charge in [-0.25, -0.2) is 9.37 Å². The third-order valence-electron chi connectivity index (χ3n) is 6.34. The molecule has 1 fully saturated rings. The second-order valence-electron chi connectivity index (χ2n) is 9.00. The number of carbonyl (C=O) groups is 2. The number of pyridine rings is 1. The fraction of sp³-hybridized carbons (Fsp3) is 0.207. The molecule has 4 aromatic rings. The number of nitrogens with two attached hydrogens (primary N) is 1. The summed E-state index contributed by atoms with van der Waals surface area (Å²) in [6.07, 6.45) is 5.45. The zero-order valence-electron chi connectivity index (χ0n) is 20.5. The van der Waals surface area contributed by atoms with Crippen LogP contribution in [-0.4, -0.2) is 47.9 Å². The van der Waals surface area contributed by atoms with Crippen molar-refractivity contribution < 1.29 is 23.1 Å². The molecule has 38 heavy (non-hydrogen) atoms. The van der Waals surface area contributed by atoms with Crippen LogP contribution in [0.5, 0.6) is 0 Å². The van der Waals surface area contributed by atoms with Gasteiger partial charge in [0.1, 0.15) is 17.4 Å². The minimum Gasteiger partial charge on any atom is -0.459 e. The smallest absolute Gasteiger partial charge is 0.256 e. The number of furan rings is 1. The van der Waals surface area contributed by atoms with Crippen molar-refractivity contribution >= 4 is 46.2 Å². The van der Waals surface area contributed by atoms with Crippen LogP contribution in [0, 0.1) is 5.82 Å². The molecule has 2 N–H and O–H groups in total. The Hall–Kier alpha value is -4.01. The molecule has 0 spiro atoms. The van der Waals surface area contributed by atoms with Crippen molar-refractivity contribution in [1.82, 2.24) is 9.88 Å². The topological polar surface area (TPSA) is 98.7 Å². The number of carbonyl (C=O) groups excluding carboxylic acids is 2. The Morgan fingerprint density at radius 3 is 2.63 bits per heavy atom. The number of anilines is 1. The van der Waals surface area contributed by atoms with Gasteiger partial charge in [-0.3, -0.25) is 9.59 Å². The van der Waals surface area contributed by atoms with Crippen molar-refractivity contribution in [3.05, 3.63) is 88.5 Å². The molecule has 0 bridgehead atoms. The third kappa shape index (κ3) is 5.77. The van der Waals surface area contributed by atoms with E-state index in [1.807, 2.05) is 12.1 Å². The van der Waals surface area contributed by atoms with Gasteiger partial charge in [0.15, 0.2) is 11.4 Å².